The van der Waals surface area contributed by atoms with Crippen LogP contribution in [0.15, 0.2) is 47.4 Å². The Morgan fingerprint density at radius 1 is 1.03 bits per heavy atom. The van der Waals surface area contributed by atoms with Crippen LogP contribution in [0.5, 0.6) is 17.2 Å². The van der Waals surface area contributed by atoms with Gasteiger partial charge in [0.25, 0.3) is 5.79 Å². The van der Waals surface area contributed by atoms with Gasteiger partial charge in [0.15, 0.2) is 11.5 Å². The summed E-state index contributed by atoms with van der Waals surface area (Å²) in [7, 11) is -2.06. The van der Waals surface area contributed by atoms with Crippen molar-refractivity contribution in [1.82, 2.24) is 4.31 Å². The number of sulfonamides is 1. The van der Waals surface area contributed by atoms with Crippen LogP contribution < -0.4 is 19.5 Å². The molecule has 0 atom stereocenters. The highest BCUT2D eigenvalue weighted by Crippen LogP contribution is 2.47. The van der Waals surface area contributed by atoms with Crippen LogP contribution >= 0.6 is 0 Å². The highest BCUT2D eigenvalue weighted by Gasteiger charge is 2.44. The molecule has 1 aliphatic carbocycles. The molecule has 0 unspecified atom stereocenters. The third-order valence-electron chi connectivity index (χ3n) is 6.69. The van der Waals surface area contributed by atoms with Crippen molar-refractivity contribution >= 4 is 21.6 Å². The summed E-state index contributed by atoms with van der Waals surface area (Å²) >= 11 is 0. The number of amides is 1. The molecule has 33 heavy (non-hydrogen) atoms. The SMILES string of the molecule is COc1ccc(S(=O)(=O)N2CCC(C(=O)Nc3ccc4c(c3)OC3(CCCC3)O4)CC2)cc1. The number of fused-ring (bicyclic) bond motifs is 1. The third-order valence-corrected chi connectivity index (χ3v) is 8.60. The van der Waals surface area contributed by atoms with Crippen molar-refractivity contribution in [1.29, 1.82) is 0 Å². The van der Waals surface area contributed by atoms with Crippen LogP contribution in [0.3, 0.4) is 0 Å². The normalized spacial score (nSPS) is 20.2. The van der Waals surface area contributed by atoms with Crippen molar-refractivity contribution < 1.29 is 27.4 Å². The van der Waals surface area contributed by atoms with Crippen LogP contribution in [0.4, 0.5) is 5.69 Å². The zero-order chi connectivity index (χ0) is 23.1. The Bertz CT molecular complexity index is 1130. The van der Waals surface area contributed by atoms with Gasteiger partial charge in [0.1, 0.15) is 5.75 Å². The standard InChI is InChI=1S/C24H28N2O6S/c1-30-19-5-7-20(8-6-19)33(28,29)26-14-10-17(11-15-26)23(27)25-18-4-9-21-22(16-18)32-24(31-21)12-2-3-13-24/h4-9,16-17H,2-3,10-15H2,1H3,(H,25,27). The highest BCUT2D eigenvalue weighted by atomic mass is 32.2. The number of methoxy groups -OCH3 is 1. The fourth-order valence-corrected chi connectivity index (χ4v) is 6.26. The topological polar surface area (TPSA) is 94.2 Å². The number of hydrogen-bond acceptors (Lipinski definition) is 6. The summed E-state index contributed by atoms with van der Waals surface area (Å²) in [6, 6.07) is 11.8. The number of ether oxygens (including phenoxy) is 3. The molecule has 0 radical (unpaired) electrons. The summed E-state index contributed by atoms with van der Waals surface area (Å²) in [5, 5.41) is 2.96. The van der Waals surface area contributed by atoms with Gasteiger partial charge >= 0.3 is 0 Å². The Balaban J connectivity index is 1.18. The molecule has 1 spiro atoms. The van der Waals surface area contributed by atoms with Crippen molar-refractivity contribution in [2.24, 2.45) is 5.92 Å². The van der Waals surface area contributed by atoms with Gasteiger partial charge in [-0.3, -0.25) is 4.79 Å². The maximum absolute atomic E-state index is 12.9. The van der Waals surface area contributed by atoms with Gasteiger partial charge in [-0.05, 0) is 62.1 Å². The van der Waals surface area contributed by atoms with Crippen molar-refractivity contribution in [3.8, 4) is 17.2 Å². The lowest BCUT2D eigenvalue weighted by molar-refractivity contribution is -0.120. The molecule has 1 amide bonds. The zero-order valence-corrected chi connectivity index (χ0v) is 19.4. The van der Waals surface area contributed by atoms with Gasteiger partial charge in [-0.25, -0.2) is 8.42 Å². The summed E-state index contributed by atoms with van der Waals surface area (Å²) in [5.74, 6) is 1.09. The van der Waals surface area contributed by atoms with Gasteiger partial charge in [0, 0.05) is 43.6 Å². The van der Waals surface area contributed by atoms with E-state index in [2.05, 4.69) is 5.32 Å². The van der Waals surface area contributed by atoms with Gasteiger partial charge in [0.05, 0.1) is 12.0 Å². The number of piperidine rings is 1. The second-order valence-corrected chi connectivity index (χ2v) is 10.8. The van der Waals surface area contributed by atoms with E-state index in [0.717, 1.165) is 25.7 Å². The van der Waals surface area contributed by atoms with Gasteiger partial charge in [-0.15, -0.1) is 0 Å². The van der Waals surface area contributed by atoms with Crippen molar-refractivity contribution in [2.45, 2.75) is 49.2 Å². The van der Waals surface area contributed by atoms with Crippen LogP contribution in [0.25, 0.3) is 0 Å². The average Bonchev–Trinajstić information content (AvgIpc) is 3.44. The number of anilines is 1. The first-order valence-electron chi connectivity index (χ1n) is 11.4. The molecule has 0 aromatic heterocycles. The molecule has 2 aliphatic heterocycles. The Hall–Kier alpha value is -2.78. The van der Waals surface area contributed by atoms with Gasteiger partial charge in [-0.2, -0.15) is 4.31 Å². The smallest absolute Gasteiger partial charge is 0.251 e. The van der Waals surface area contributed by atoms with E-state index in [9.17, 15) is 13.2 Å². The van der Waals surface area contributed by atoms with Crippen molar-refractivity contribution in [3.05, 3.63) is 42.5 Å². The molecular formula is C24H28N2O6S. The summed E-state index contributed by atoms with van der Waals surface area (Å²) in [5.41, 5.74) is 0.658. The number of carbonyl (C=O) groups excluding carboxylic acids is 1. The minimum absolute atomic E-state index is 0.106. The fourth-order valence-electron chi connectivity index (χ4n) is 4.79. The quantitative estimate of drug-likeness (QED) is 0.712. The summed E-state index contributed by atoms with van der Waals surface area (Å²) in [4.78, 5) is 13.1. The highest BCUT2D eigenvalue weighted by molar-refractivity contribution is 7.89. The third kappa shape index (κ3) is 4.27. The number of benzene rings is 2. The molecule has 176 valence electrons. The molecule has 2 heterocycles. The van der Waals surface area contributed by atoms with E-state index in [1.54, 1.807) is 24.3 Å². The maximum atomic E-state index is 12.9. The Kier molecular flexibility index (Phi) is 5.70. The monoisotopic (exact) mass is 472 g/mol. The summed E-state index contributed by atoms with van der Waals surface area (Å²) in [6.07, 6.45) is 4.86. The summed E-state index contributed by atoms with van der Waals surface area (Å²) < 4.78 is 44.5. The average molecular weight is 473 g/mol. The van der Waals surface area contributed by atoms with E-state index in [-0.39, 0.29) is 16.7 Å². The molecule has 9 heteroatoms. The first-order valence-corrected chi connectivity index (χ1v) is 12.8. The second kappa shape index (κ2) is 8.53. The zero-order valence-electron chi connectivity index (χ0n) is 18.6. The molecule has 2 aromatic carbocycles. The molecule has 5 rings (SSSR count). The van der Waals surface area contributed by atoms with Gasteiger partial charge in [0.2, 0.25) is 15.9 Å². The van der Waals surface area contributed by atoms with E-state index in [1.807, 2.05) is 18.2 Å². The summed E-state index contributed by atoms with van der Waals surface area (Å²) in [6.45, 7) is 0.603. The Labute approximate surface area is 193 Å². The van der Waals surface area contributed by atoms with E-state index >= 15 is 0 Å². The first-order chi connectivity index (χ1) is 15.9. The number of nitrogens with one attached hydrogen (secondary N) is 1. The molecule has 8 nitrogen and oxygen atoms in total. The minimum atomic E-state index is -3.60. The second-order valence-electron chi connectivity index (χ2n) is 8.83. The lowest BCUT2D eigenvalue weighted by atomic mass is 9.97. The number of nitrogens with zero attached hydrogens (tertiary/aromatic N) is 1. The first kappa shape index (κ1) is 22.0. The van der Waals surface area contributed by atoms with Gasteiger partial charge < -0.3 is 19.5 Å². The fraction of sp³-hybridized carbons (Fsp3) is 0.458. The van der Waals surface area contributed by atoms with Crippen LogP contribution in [-0.4, -0.2) is 44.6 Å². The van der Waals surface area contributed by atoms with E-state index in [1.165, 1.54) is 11.4 Å². The predicted octanol–water partition coefficient (Wildman–Crippen LogP) is 3.78. The van der Waals surface area contributed by atoms with Crippen molar-refractivity contribution in [3.63, 3.8) is 0 Å². The molecule has 1 saturated carbocycles. The molecular weight excluding hydrogens is 444 g/mol. The number of hydrogen-bond donors (Lipinski definition) is 1. The number of carbonyl (C=O) groups is 1. The van der Waals surface area contributed by atoms with E-state index in [0.29, 0.717) is 48.9 Å². The molecule has 2 fully saturated rings. The predicted molar refractivity (Wildman–Crippen MR) is 122 cm³/mol. The molecule has 2 aromatic rings. The Morgan fingerprint density at radius 2 is 1.70 bits per heavy atom. The van der Waals surface area contributed by atoms with Crippen LogP contribution in [0.2, 0.25) is 0 Å². The maximum Gasteiger partial charge on any atom is 0.251 e. The lowest BCUT2D eigenvalue weighted by Gasteiger charge is -2.30. The van der Waals surface area contributed by atoms with E-state index < -0.39 is 15.8 Å². The molecule has 0 bridgehead atoms. The van der Waals surface area contributed by atoms with E-state index in [4.69, 9.17) is 14.2 Å². The molecule has 1 saturated heterocycles. The van der Waals surface area contributed by atoms with Crippen LogP contribution in [0.1, 0.15) is 38.5 Å². The minimum Gasteiger partial charge on any atom is -0.497 e. The molecule has 1 N–H and O–H groups in total. The molecule has 3 aliphatic rings. The van der Waals surface area contributed by atoms with Gasteiger partial charge in [-0.1, -0.05) is 0 Å². The van der Waals surface area contributed by atoms with Crippen LogP contribution in [-0.2, 0) is 14.8 Å². The van der Waals surface area contributed by atoms with Crippen molar-refractivity contribution in [2.75, 3.05) is 25.5 Å². The lowest BCUT2D eigenvalue weighted by Crippen LogP contribution is -2.41. The largest absolute Gasteiger partial charge is 0.497 e. The van der Waals surface area contributed by atoms with Crippen LogP contribution in [0, 0.1) is 5.92 Å². The number of rotatable bonds is 5. The Morgan fingerprint density at radius 3 is 2.36 bits per heavy atom.